The molecule has 2 rings (SSSR count). The molecule has 0 aliphatic heterocycles. The van der Waals surface area contributed by atoms with Crippen molar-refractivity contribution in [3.8, 4) is 6.07 Å². The quantitative estimate of drug-likeness (QED) is 0.200. The maximum atomic E-state index is 12.2. The van der Waals surface area contributed by atoms with Gasteiger partial charge in [0.15, 0.2) is 0 Å². The molecule has 0 amide bonds. The van der Waals surface area contributed by atoms with Crippen LogP contribution in [0.25, 0.3) is 0 Å². The SMILES string of the molecule is BOCCCC(CCC#N)(CCCOC(=O)c1ccccc1)CCCOC(=O)c1ccccc1. The van der Waals surface area contributed by atoms with Gasteiger partial charge in [0.2, 0.25) is 0 Å². The lowest BCUT2D eigenvalue weighted by Crippen LogP contribution is -2.24. The fourth-order valence-electron chi connectivity index (χ4n) is 4.20. The van der Waals surface area contributed by atoms with Gasteiger partial charge in [-0.3, -0.25) is 0 Å². The first-order valence-corrected chi connectivity index (χ1v) is 11.9. The van der Waals surface area contributed by atoms with Gasteiger partial charge >= 0.3 is 11.9 Å². The molecule has 0 fully saturated rings. The van der Waals surface area contributed by atoms with E-state index in [2.05, 4.69) is 6.07 Å². The molecule has 0 radical (unpaired) electrons. The normalized spacial score (nSPS) is 10.9. The number of esters is 2. The average molecular weight is 463 g/mol. The van der Waals surface area contributed by atoms with Crippen LogP contribution in [0.15, 0.2) is 60.7 Å². The minimum absolute atomic E-state index is 0.0907. The van der Waals surface area contributed by atoms with Gasteiger partial charge in [-0.05, 0) is 74.6 Å². The number of rotatable bonds is 16. The molecule has 2 aromatic carbocycles. The lowest BCUT2D eigenvalue weighted by Gasteiger charge is -2.34. The largest absolute Gasteiger partial charge is 0.462 e. The zero-order valence-electron chi connectivity index (χ0n) is 20.0. The predicted octanol–water partition coefficient (Wildman–Crippen LogP) is 4.90. The zero-order valence-corrected chi connectivity index (χ0v) is 20.0. The van der Waals surface area contributed by atoms with Gasteiger partial charge in [-0.15, -0.1) is 0 Å². The van der Waals surface area contributed by atoms with E-state index in [0.717, 1.165) is 32.1 Å². The number of carbonyl (C=O) groups excluding carboxylic acids is 2. The maximum absolute atomic E-state index is 12.2. The van der Waals surface area contributed by atoms with E-state index in [9.17, 15) is 14.9 Å². The van der Waals surface area contributed by atoms with E-state index in [0.29, 0.717) is 50.2 Å². The molecule has 6 nitrogen and oxygen atoms in total. The maximum Gasteiger partial charge on any atom is 0.338 e. The van der Waals surface area contributed by atoms with Crippen LogP contribution in [0.4, 0.5) is 0 Å². The highest BCUT2D eigenvalue weighted by Gasteiger charge is 2.29. The van der Waals surface area contributed by atoms with Crippen LogP contribution in [-0.4, -0.2) is 39.8 Å². The van der Waals surface area contributed by atoms with Gasteiger partial charge < -0.3 is 14.1 Å². The number of ether oxygens (including phenoxy) is 2. The van der Waals surface area contributed by atoms with Crippen LogP contribution >= 0.6 is 0 Å². The summed E-state index contributed by atoms with van der Waals surface area (Å²) in [7, 11) is 1.68. The highest BCUT2D eigenvalue weighted by atomic mass is 16.5. The lowest BCUT2D eigenvalue weighted by molar-refractivity contribution is 0.0448. The Bertz CT molecular complexity index is 839. The van der Waals surface area contributed by atoms with Crippen molar-refractivity contribution in [3.05, 3.63) is 71.8 Å². The Morgan fingerprint density at radius 3 is 1.59 bits per heavy atom. The minimum Gasteiger partial charge on any atom is -0.462 e. The number of hydrogen-bond donors (Lipinski definition) is 0. The molecule has 0 aromatic heterocycles. The summed E-state index contributed by atoms with van der Waals surface area (Å²) < 4.78 is 16.2. The lowest BCUT2D eigenvalue weighted by atomic mass is 9.72. The molecule has 7 heteroatoms. The second-order valence-corrected chi connectivity index (χ2v) is 8.47. The first kappa shape index (κ1) is 27.1. The van der Waals surface area contributed by atoms with Crippen LogP contribution < -0.4 is 0 Å². The molecule has 0 bridgehead atoms. The Balaban J connectivity index is 1.90. The highest BCUT2D eigenvalue weighted by molar-refractivity contribution is 5.97. The van der Waals surface area contributed by atoms with Crippen LogP contribution in [-0.2, 0) is 14.1 Å². The van der Waals surface area contributed by atoms with Crippen LogP contribution in [0.2, 0.25) is 0 Å². The van der Waals surface area contributed by atoms with E-state index in [4.69, 9.17) is 14.1 Å². The molecule has 0 atom stereocenters. The number of carbonyl (C=O) groups is 2. The summed E-state index contributed by atoms with van der Waals surface area (Å²) in [5, 5.41) is 9.23. The third kappa shape index (κ3) is 9.80. The average Bonchev–Trinajstić information content (AvgIpc) is 2.88. The van der Waals surface area contributed by atoms with Gasteiger partial charge in [0.25, 0.3) is 8.05 Å². The second-order valence-electron chi connectivity index (χ2n) is 8.47. The predicted molar refractivity (Wildman–Crippen MR) is 133 cm³/mol. The number of nitriles is 1. The topological polar surface area (TPSA) is 85.6 Å². The summed E-state index contributed by atoms with van der Waals surface area (Å²) in [4.78, 5) is 24.4. The van der Waals surface area contributed by atoms with Crippen molar-refractivity contribution in [2.75, 3.05) is 19.8 Å². The number of nitrogens with zero attached hydrogens (tertiary/aromatic N) is 1. The third-order valence-corrected chi connectivity index (χ3v) is 6.01. The summed E-state index contributed by atoms with van der Waals surface area (Å²) in [6, 6.07) is 20.2. The summed E-state index contributed by atoms with van der Waals surface area (Å²) in [5.74, 6) is -0.647. The Morgan fingerprint density at radius 1 is 0.735 bits per heavy atom. The van der Waals surface area contributed by atoms with Gasteiger partial charge in [-0.2, -0.15) is 5.26 Å². The zero-order chi connectivity index (χ0) is 24.5. The van der Waals surface area contributed by atoms with E-state index in [1.54, 1.807) is 32.3 Å². The Kier molecular flexibility index (Phi) is 12.5. The second kappa shape index (κ2) is 15.7. The van der Waals surface area contributed by atoms with Gasteiger partial charge in [0.1, 0.15) is 0 Å². The van der Waals surface area contributed by atoms with Crippen LogP contribution in [0.3, 0.4) is 0 Å². The highest BCUT2D eigenvalue weighted by Crippen LogP contribution is 2.39. The minimum atomic E-state index is -0.324. The van der Waals surface area contributed by atoms with Crippen LogP contribution in [0.5, 0.6) is 0 Å². The molecule has 0 spiro atoms. The Labute approximate surface area is 203 Å². The van der Waals surface area contributed by atoms with E-state index < -0.39 is 0 Å². The van der Waals surface area contributed by atoms with E-state index >= 15 is 0 Å². The standard InChI is InChI=1S/C27H34BNO5/c28-34-22-10-18-27(15-7-19-29,16-8-20-32-25(30)23-11-3-1-4-12-23)17-9-21-33-26(31)24-13-5-2-6-14-24/h1-6,11-14H,7-10,15-18,20-22,28H2. The third-order valence-electron chi connectivity index (χ3n) is 6.01. The van der Waals surface area contributed by atoms with Crippen molar-refractivity contribution >= 4 is 20.0 Å². The van der Waals surface area contributed by atoms with Crippen molar-refractivity contribution in [1.29, 1.82) is 5.26 Å². The molecule has 0 saturated carbocycles. The van der Waals surface area contributed by atoms with Gasteiger partial charge in [-0.1, -0.05) is 36.4 Å². The number of benzene rings is 2. The van der Waals surface area contributed by atoms with Crippen LogP contribution in [0.1, 0.15) is 72.1 Å². The molecule has 0 saturated heterocycles. The van der Waals surface area contributed by atoms with Crippen molar-refractivity contribution in [1.82, 2.24) is 0 Å². The molecule has 2 aromatic rings. The Morgan fingerprint density at radius 2 is 1.18 bits per heavy atom. The molecule has 0 N–H and O–H groups in total. The first-order chi connectivity index (χ1) is 16.6. The van der Waals surface area contributed by atoms with E-state index in [-0.39, 0.29) is 17.4 Å². The van der Waals surface area contributed by atoms with E-state index in [1.165, 1.54) is 0 Å². The summed E-state index contributed by atoms with van der Waals surface area (Å²) >= 11 is 0. The summed E-state index contributed by atoms with van der Waals surface area (Å²) in [6.07, 6.45) is 6.08. The van der Waals surface area contributed by atoms with Crippen molar-refractivity contribution in [2.24, 2.45) is 5.41 Å². The monoisotopic (exact) mass is 463 g/mol. The van der Waals surface area contributed by atoms with Gasteiger partial charge in [0.05, 0.1) is 30.4 Å². The van der Waals surface area contributed by atoms with Crippen molar-refractivity contribution in [2.45, 2.75) is 51.4 Å². The molecule has 0 unspecified atom stereocenters. The fraction of sp³-hybridized carbons (Fsp3) is 0.444. The molecular formula is C27H34BNO5. The molecule has 0 aliphatic carbocycles. The van der Waals surface area contributed by atoms with Gasteiger partial charge in [0, 0.05) is 13.0 Å². The summed E-state index contributed by atoms with van der Waals surface area (Å²) in [5.41, 5.74) is 0.990. The molecular weight excluding hydrogens is 429 g/mol. The molecule has 0 aliphatic rings. The van der Waals surface area contributed by atoms with Crippen molar-refractivity contribution < 1.29 is 23.7 Å². The molecule has 0 heterocycles. The molecule has 34 heavy (non-hydrogen) atoms. The fourth-order valence-corrected chi connectivity index (χ4v) is 4.20. The Hall–Kier alpha value is -3.11. The smallest absolute Gasteiger partial charge is 0.338 e. The van der Waals surface area contributed by atoms with Crippen molar-refractivity contribution in [3.63, 3.8) is 0 Å². The van der Waals surface area contributed by atoms with E-state index in [1.807, 2.05) is 36.4 Å². The summed E-state index contributed by atoms with van der Waals surface area (Å²) in [6.45, 7) is 1.31. The number of hydrogen-bond acceptors (Lipinski definition) is 6. The molecule has 180 valence electrons. The van der Waals surface area contributed by atoms with Gasteiger partial charge in [-0.25, -0.2) is 9.59 Å². The van der Waals surface area contributed by atoms with Crippen LogP contribution in [0, 0.1) is 16.7 Å². The first-order valence-electron chi connectivity index (χ1n) is 11.9.